The van der Waals surface area contributed by atoms with Crippen molar-refractivity contribution in [2.24, 2.45) is 0 Å². The van der Waals surface area contributed by atoms with Crippen LogP contribution in [0.15, 0.2) is 60.0 Å². The molecule has 0 fully saturated rings. The van der Waals surface area contributed by atoms with Crippen molar-refractivity contribution in [1.82, 2.24) is 5.32 Å². The number of rotatable bonds is 8. The van der Waals surface area contributed by atoms with Gasteiger partial charge in [0.2, 0.25) is 5.91 Å². The number of hydrogen-bond acceptors (Lipinski definition) is 5. The normalized spacial score (nSPS) is 11.8. The molecule has 0 bridgehead atoms. The zero-order valence-corrected chi connectivity index (χ0v) is 17.2. The number of nitro groups is 1. The number of nitrogens with one attached hydrogen (secondary N) is 2. The molecule has 1 amide bonds. The summed E-state index contributed by atoms with van der Waals surface area (Å²) in [6, 6.07) is 16.8. The van der Waals surface area contributed by atoms with E-state index in [9.17, 15) is 14.9 Å². The number of carbonyl (C=O) groups excluding carboxylic acids is 1. The van der Waals surface area contributed by atoms with Crippen molar-refractivity contribution in [2.75, 3.05) is 11.9 Å². The van der Waals surface area contributed by atoms with Crippen molar-refractivity contribution in [3.8, 4) is 0 Å². The Bertz CT molecular complexity index is 985. The predicted octanol–water partition coefficient (Wildman–Crippen LogP) is 4.84. The summed E-state index contributed by atoms with van der Waals surface area (Å²) >= 11 is 1.64. The lowest BCUT2D eigenvalue weighted by Crippen LogP contribution is -2.31. The zero-order chi connectivity index (χ0) is 20.8. The van der Waals surface area contributed by atoms with E-state index in [-0.39, 0.29) is 24.2 Å². The van der Waals surface area contributed by atoms with Gasteiger partial charge in [0.05, 0.1) is 17.5 Å². The first kappa shape index (κ1) is 20.7. The van der Waals surface area contributed by atoms with Gasteiger partial charge in [-0.25, -0.2) is 0 Å². The molecule has 2 aromatic carbocycles. The highest BCUT2D eigenvalue weighted by Gasteiger charge is 2.17. The van der Waals surface area contributed by atoms with Crippen LogP contribution in [-0.2, 0) is 11.2 Å². The molecule has 29 heavy (non-hydrogen) atoms. The molecule has 1 heterocycles. The summed E-state index contributed by atoms with van der Waals surface area (Å²) in [6.07, 6.45) is 0.981. The van der Waals surface area contributed by atoms with E-state index in [1.165, 1.54) is 17.7 Å². The maximum atomic E-state index is 12.5. The van der Waals surface area contributed by atoms with Crippen molar-refractivity contribution < 1.29 is 9.72 Å². The number of benzene rings is 2. The minimum absolute atomic E-state index is 0.00640. The lowest BCUT2D eigenvalue weighted by molar-refractivity contribution is -0.384. The van der Waals surface area contributed by atoms with Crippen molar-refractivity contribution >= 4 is 28.6 Å². The second kappa shape index (κ2) is 9.45. The van der Waals surface area contributed by atoms with E-state index >= 15 is 0 Å². The summed E-state index contributed by atoms with van der Waals surface area (Å²) in [6.45, 7) is 3.98. The lowest BCUT2D eigenvalue weighted by atomic mass is 10.0. The Morgan fingerprint density at radius 3 is 2.52 bits per heavy atom. The Labute approximate surface area is 173 Å². The van der Waals surface area contributed by atoms with Crippen LogP contribution in [0.3, 0.4) is 0 Å². The van der Waals surface area contributed by atoms with Gasteiger partial charge in [-0.2, -0.15) is 0 Å². The monoisotopic (exact) mass is 409 g/mol. The van der Waals surface area contributed by atoms with Crippen LogP contribution in [0, 0.1) is 17.0 Å². The summed E-state index contributed by atoms with van der Waals surface area (Å²) in [4.78, 5) is 24.0. The summed E-state index contributed by atoms with van der Waals surface area (Å²) in [5, 5.41) is 19.0. The quantitative estimate of drug-likeness (QED) is 0.412. The number of hydrogen-bond donors (Lipinski definition) is 2. The van der Waals surface area contributed by atoms with E-state index in [1.54, 1.807) is 24.3 Å². The van der Waals surface area contributed by atoms with Crippen molar-refractivity contribution in [3.63, 3.8) is 0 Å². The van der Waals surface area contributed by atoms with Gasteiger partial charge in [0.1, 0.15) is 0 Å². The van der Waals surface area contributed by atoms with Gasteiger partial charge in [-0.05, 0) is 47.5 Å². The molecule has 0 spiro atoms. The first-order valence-corrected chi connectivity index (χ1v) is 10.3. The SMILES string of the molecule is CCc1ccc(C(NCC(=O)Nc2ccc([N+](=O)[O-])cc2C)c2cccs2)cc1. The highest BCUT2D eigenvalue weighted by atomic mass is 32.1. The minimum atomic E-state index is -0.449. The highest BCUT2D eigenvalue weighted by Crippen LogP contribution is 2.26. The summed E-state index contributed by atoms with van der Waals surface area (Å²) < 4.78 is 0. The Morgan fingerprint density at radius 1 is 1.17 bits per heavy atom. The van der Waals surface area contributed by atoms with E-state index < -0.39 is 4.92 Å². The minimum Gasteiger partial charge on any atom is -0.325 e. The van der Waals surface area contributed by atoms with Crippen LogP contribution in [0.2, 0.25) is 0 Å². The van der Waals surface area contributed by atoms with Crippen LogP contribution >= 0.6 is 11.3 Å². The molecule has 0 radical (unpaired) electrons. The van der Waals surface area contributed by atoms with Gasteiger partial charge < -0.3 is 5.32 Å². The molecular weight excluding hydrogens is 386 g/mol. The van der Waals surface area contributed by atoms with Gasteiger partial charge in [0, 0.05) is 22.7 Å². The van der Waals surface area contributed by atoms with Gasteiger partial charge in [-0.1, -0.05) is 37.3 Å². The molecule has 3 aromatic rings. The number of aryl methyl sites for hydroxylation is 2. The summed E-state index contributed by atoms with van der Waals surface area (Å²) in [5.41, 5.74) is 3.60. The van der Waals surface area contributed by atoms with Gasteiger partial charge in [-0.3, -0.25) is 20.2 Å². The van der Waals surface area contributed by atoms with Gasteiger partial charge in [0.25, 0.3) is 5.69 Å². The number of non-ortho nitro benzene ring substituents is 1. The van der Waals surface area contributed by atoms with Crippen molar-refractivity contribution in [2.45, 2.75) is 26.3 Å². The number of anilines is 1. The molecule has 0 aliphatic rings. The molecule has 0 aliphatic carbocycles. The topological polar surface area (TPSA) is 84.3 Å². The van der Waals surface area contributed by atoms with E-state index in [4.69, 9.17) is 0 Å². The van der Waals surface area contributed by atoms with E-state index in [1.807, 2.05) is 11.4 Å². The average molecular weight is 410 g/mol. The van der Waals surface area contributed by atoms with Crippen molar-refractivity contribution in [1.29, 1.82) is 0 Å². The van der Waals surface area contributed by atoms with Crippen LogP contribution in [0.1, 0.15) is 34.5 Å². The fraction of sp³-hybridized carbons (Fsp3) is 0.227. The molecule has 0 saturated carbocycles. The van der Waals surface area contributed by atoms with Gasteiger partial charge >= 0.3 is 0 Å². The summed E-state index contributed by atoms with van der Waals surface area (Å²) in [5.74, 6) is -0.200. The molecule has 6 nitrogen and oxygen atoms in total. The van der Waals surface area contributed by atoms with Gasteiger partial charge in [-0.15, -0.1) is 11.3 Å². The largest absolute Gasteiger partial charge is 0.325 e. The van der Waals surface area contributed by atoms with Gasteiger partial charge in [0.15, 0.2) is 0 Å². The fourth-order valence-electron chi connectivity index (χ4n) is 3.07. The second-order valence-corrected chi connectivity index (χ2v) is 7.71. The third-order valence-corrected chi connectivity index (χ3v) is 5.65. The first-order valence-electron chi connectivity index (χ1n) is 9.38. The maximum absolute atomic E-state index is 12.5. The lowest BCUT2D eigenvalue weighted by Gasteiger charge is -2.18. The smallest absolute Gasteiger partial charge is 0.269 e. The zero-order valence-electron chi connectivity index (χ0n) is 16.3. The molecule has 1 unspecified atom stereocenters. The molecule has 150 valence electrons. The molecule has 1 aromatic heterocycles. The number of carbonyl (C=O) groups is 1. The number of amides is 1. The Morgan fingerprint density at radius 2 is 1.93 bits per heavy atom. The average Bonchev–Trinajstić information content (AvgIpc) is 3.24. The Kier molecular flexibility index (Phi) is 6.74. The number of nitro benzene ring substituents is 1. The third-order valence-electron chi connectivity index (χ3n) is 4.71. The third kappa shape index (κ3) is 5.28. The molecule has 3 rings (SSSR count). The predicted molar refractivity (Wildman–Crippen MR) is 116 cm³/mol. The van der Waals surface area contributed by atoms with E-state index in [0.717, 1.165) is 16.9 Å². The number of nitrogens with zero attached hydrogens (tertiary/aromatic N) is 1. The molecule has 7 heteroatoms. The van der Waals surface area contributed by atoms with Crippen molar-refractivity contribution in [3.05, 3.63) is 91.7 Å². The molecule has 0 aliphatic heterocycles. The van der Waals surface area contributed by atoms with E-state index in [0.29, 0.717) is 11.3 Å². The van der Waals surface area contributed by atoms with Crippen LogP contribution in [0.25, 0.3) is 0 Å². The maximum Gasteiger partial charge on any atom is 0.269 e. The molecule has 1 atom stereocenters. The Hall–Kier alpha value is -3.03. The Balaban J connectivity index is 1.69. The fourth-order valence-corrected chi connectivity index (χ4v) is 3.90. The van der Waals surface area contributed by atoms with Crippen LogP contribution < -0.4 is 10.6 Å². The molecular formula is C22H23N3O3S. The van der Waals surface area contributed by atoms with Crippen LogP contribution in [0.4, 0.5) is 11.4 Å². The molecule has 0 saturated heterocycles. The molecule has 2 N–H and O–H groups in total. The first-order chi connectivity index (χ1) is 14.0. The van der Waals surface area contributed by atoms with Crippen LogP contribution in [0.5, 0.6) is 0 Å². The van der Waals surface area contributed by atoms with Crippen LogP contribution in [-0.4, -0.2) is 17.4 Å². The highest BCUT2D eigenvalue weighted by molar-refractivity contribution is 7.10. The standard InChI is InChI=1S/C22H23N3O3S/c1-3-16-6-8-17(9-7-16)22(20-5-4-12-29-20)23-14-21(26)24-19-11-10-18(25(27)28)13-15(19)2/h4-13,22-23H,3,14H2,1-2H3,(H,24,26). The second-order valence-electron chi connectivity index (χ2n) is 6.73. The van der Waals surface area contributed by atoms with E-state index in [2.05, 4.69) is 47.9 Å². The number of thiophene rings is 1. The summed E-state index contributed by atoms with van der Waals surface area (Å²) in [7, 11) is 0.